The second-order valence-corrected chi connectivity index (χ2v) is 6.03. The second-order valence-electron chi connectivity index (χ2n) is 6.03. The molecule has 0 aromatic heterocycles. The Morgan fingerprint density at radius 2 is 1.59 bits per heavy atom. The first-order valence-corrected chi connectivity index (χ1v) is 8.41. The summed E-state index contributed by atoms with van der Waals surface area (Å²) in [5.74, 6) is -1.50. The molecular formula is C20H21FN2O4. The van der Waals surface area contributed by atoms with Crippen molar-refractivity contribution in [1.82, 2.24) is 5.32 Å². The summed E-state index contributed by atoms with van der Waals surface area (Å²) in [6.45, 7) is 3.11. The molecule has 0 unspecified atom stereocenters. The van der Waals surface area contributed by atoms with Gasteiger partial charge in [0.25, 0.3) is 5.91 Å². The molecule has 7 heteroatoms. The molecule has 2 aromatic rings. The van der Waals surface area contributed by atoms with Gasteiger partial charge in [-0.1, -0.05) is 24.3 Å². The molecule has 0 radical (unpaired) electrons. The third-order valence-corrected chi connectivity index (χ3v) is 3.68. The highest BCUT2D eigenvalue weighted by molar-refractivity contribution is 5.88. The Labute approximate surface area is 156 Å². The lowest BCUT2D eigenvalue weighted by Gasteiger charge is -2.14. The van der Waals surface area contributed by atoms with Gasteiger partial charge in [-0.15, -0.1) is 0 Å². The topological polar surface area (TPSA) is 84.5 Å². The smallest absolute Gasteiger partial charge is 0.311 e. The van der Waals surface area contributed by atoms with Crippen molar-refractivity contribution in [2.45, 2.75) is 32.9 Å². The van der Waals surface area contributed by atoms with E-state index in [1.54, 1.807) is 36.4 Å². The molecule has 2 N–H and O–H groups in total. The van der Waals surface area contributed by atoms with Crippen LogP contribution < -0.4 is 10.6 Å². The van der Waals surface area contributed by atoms with E-state index < -0.39 is 18.0 Å². The molecule has 0 fully saturated rings. The van der Waals surface area contributed by atoms with Crippen LogP contribution in [0.2, 0.25) is 0 Å². The van der Waals surface area contributed by atoms with E-state index in [1.165, 1.54) is 26.0 Å². The Morgan fingerprint density at radius 1 is 1.00 bits per heavy atom. The normalized spacial score (nSPS) is 11.4. The van der Waals surface area contributed by atoms with Crippen LogP contribution in [0.4, 0.5) is 10.1 Å². The van der Waals surface area contributed by atoms with E-state index in [9.17, 15) is 18.8 Å². The Kier molecular flexibility index (Phi) is 7.05. The fourth-order valence-electron chi connectivity index (χ4n) is 2.30. The summed E-state index contributed by atoms with van der Waals surface area (Å²) in [7, 11) is 0. The Bertz CT molecular complexity index is 804. The number of carbonyl (C=O) groups is 3. The quantitative estimate of drug-likeness (QED) is 0.732. The predicted octanol–water partition coefficient (Wildman–Crippen LogP) is 2.57. The first kappa shape index (κ1) is 20.1. The number of hydrogen-bond donors (Lipinski definition) is 2. The number of esters is 1. The van der Waals surface area contributed by atoms with Gasteiger partial charge >= 0.3 is 5.97 Å². The van der Waals surface area contributed by atoms with Gasteiger partial charge in [0.2, 0.25) is 5.91 Å². The zero-order valence-corrected chi connectivity index (χ0v) is 15.1. The molecule has 6 nitrogen and oxygen atoms in total. The molecule has 0 bridgehead atoms. The highest BCUT2D eigenvalue weighted by atomic mass is 19.1. The van der Waals surface area contributed by atoms with Crippen LogP contribution in [0, 0.1) is 5.82 Å². The highest BCUT2D eigenvalue weighted by Gasteiger charge is 2.17. The summed E-state index contributed by atoms with van der Waals surface area (Å²) in [5.41, 5.74) is 2.07. The summed E-state index contributed by atoms with van der Waals surface area (Å²) in [6, 6.07) is 12.5. The van der Waals surface area contributed by atoms with Crippen molar-refractivity contribution in [1.29, 1.82) is 0 Å². The molecule has 0 saturated carbocycles. The van der Waals surface area contributed by atoms with Crippen LogP contribution in [0.5, 0.6) is 0 Å². The minimum absolute atomic E-state index is 0.00985. The van der Waals surface area contributed by atoms with Crippen molar-refractivity contribution in [2.75, 3.05) is 5.32 Å². The van der Waals surface area contributed by atoms with Gasteiger partial charge in [0.15, 0.2) is 6.10 Å². The fraction of sp³-hybridized carbons (Fsp3) is 0.250. The Hall–Kier alpha value is -3.22. The molecule has 0 aliphatic heterocycles. The summed E-state index contributed by atoms with van der Waals surface area (Å²) in [5, 5.41) is 5.27. The number of hydrogen-bond acceptors (Lipinski definition) is 4. The van der Waals surface area contributed by atoms with Crippen LogP contribution in [0.3, 0.4) is 0 Å². The summed E-state index contributed by atoms with van der Waals surface area (Å²) < 4.78 is 18.0. The SMILES string of the molecule is CC(=O)Nc1ccc(CC(=O)O[C@@H](C)C(=O)NCc2ccc(F)cc2)cc1. The fourth-order valence-corrected chi connectivity index (χ4v) is 2.30. The van der Waals surface area contributed by atoms with Crippen molar-refractivity contribution in [2.24, 2.45) is 0 Å². The lowest BCUT2D eigenvalue weighted by molar-refractivity contribution is -0.154. The number of carbonyl (C=O) groups excluding carboxylic acids is 3. The van der Waals surface area contributed by atoms with Crippen molar-refractivity contribution < 1.29 is 23.5 Å². The lowest BCUT2D eigenvalue weighted by Crippen LogP contribution is -2.35. The van der Waals surface area contributed by atoms with E-state index >= 15 is 0 Å². The molecule has 27 heavy (non-hydrogen) atoms. The van der Waals surface area contributed by atoms with Crippen LogP contribution >= 0.6 is 0 Å². The maximum absolute atomic E-state index is 12.9. The molecule has 2 amide bonds. The van der Waals surface area contributed by atoms with E-state index in [0.29, 0.717) is 11.3 Å². The first-order valence-electron chi connectivity index (χ1n) is 8.41. The average Bonchev–Trinajstić information content (AvgIpc) is 2.62. The minimum atomic E-state index is -0.948. The number of amides is 2. The summed E-state index contributed by atoms with van der Waals surface area (Å²) in [4.78, 5) is 35.0. The van der Waals surface area contributed by atoms with Crippen molar-refractivity contribution >= 4 is 23.5 Å². The van der Waals surface area contributed by atoms with E-state index in [4.69, 9.17) is 4.74 Å². The maximum Gasteiger partial charge on any atom is 0.311 e. The molecule has 0 aliphatic rings. The molecule has 0 saturated heterocycles. The van der Waals surface area contributed by atoms with Gasteiger partial charge in [-0.3, -0.25) is 14.4 Å². The lowest BCUT2D eigenvalue weighted by atomic mass is 10.1. The van der Waals surface area contributed by atoms with E-state index in [0.717, 1.165) is 5.56 Å². The first-order chi connectivity index (χ1) is 12.8. The zero-order chi connectivity index (χ0) is 19.8. The molecular weight excluding hydrogens is 351 g/mol. The largest absolute Gasteiger partial charge is 0.452 e. The number of nitrogens with one attached hydrogen (secondary N) is 2. The standard InChI is InChI=1S/C20H21FN2O4/c1-13(20(26)22-12-16-3-7-17(21)8-4-16)27-19(25)11-15-5-9-18(10-6-15)23-14(2)24/h3-10,13H,11-12H2,1-2H3,(H,22,26)(H,23,24)/t13-/m0/s1. The number of halogens is 1. The van der Waals surface area contributed by atoms with Crippen molar-refractivity contribution in [3.8, 4) is 0 Å². The van der Waals surface area contributed by atoms with Crippen molar-refractivity contribution in [3.63, 3.8) is 0 Å². The third-order valence-electron chi connectivity index (χ3n) is 3.68. The molecule has 2 rings (SSSR count). The van der Waals surface area contributed by atoms with Crippen molar-refractivity contribution in [3.05, 3.63) is 65.5 Å². The van der Waals surface area contributed by atoms with Gasteiger partial charge < -0.3 is 15.4 Å². The Balaban J connectivity index is 1.79. The van der Waals surface area contributed by atoms with Gasteiger partial charge in [0.1, 0.15) is 5.82 Å². The summed E-state index contributed by atoms with van der Waals surface area (Å²) >= 11 is 0. The maximum atomic E-state index is 12.9. The number of rotatable bonds is 7. The van der Waals surface area contributed by atoms with E-state index in [2.05, 4.69) is 10.6 Å². The van der Waals surface area contributed by atoms with Gasteiger partial charge in [0.05, 0.1) is 6.42 Å². The Morgan fingerprint density at radius 3 is 2.19 bits per heavy atom. The highest BCUT2D eigenvalue weighted by Crippen LogP contribution is 2.11. The number of ether oxygens (including phenoxy) is 1. The van der Waals surface area contributed by atoms with Gasteiger partial charge in [0, 0.05) is 19.2 Å². The van der Waals surface area contributed by atoms with Crippen LogP contribution in [-0.4, -0.2) is 23.9 Å². The van der Waals surface area contributed by atoms with Crippen LogP contribution in [-0.2, 0) is 32.1 Å². The van der Waals surface area contributed by atoms with Crippen LogP contribution in [0.15, 0.2) is 48.5 Å². The van der Waals surface area contributed by atoms with Crippen LogP contribution in [0.25, 0.3) is 0 Å². The molecule has 0 aliphatic carbocycles. The molecule has 142 valence electrons. The van der Waals surface area contributed by atoms with Gasteiger partial charge in [-0.2, -0.15) is 0 Å². The monoisotopic (exact) mass is 372 g/mol. The van der Waals surface area contributed by atoms with Gasteiger partial charge in [-0.25, -0.2) is 4.39 Å². The van der Waals surface area contributed by atoms with E-state index in [-0.39, 0.29) is 24.7 Å². The average molecular weight is 372 g/mol. The molecule has 2 aromatic carbocycles. The number of anilines is 1. The molecule has 1 atom stereocenters. The van der Waals surface area contributed by atoms with Crippen LogP contribution in [0.1, 0.15) is 25.0 Å². The zero-order valence-electron chi connectivity index (χ0n) is 15.1. The predicted molar refractivity (Wildman–Crippen MR) is 98.3 cm³/mol. The second kappa shape index (κ2) is 9.47. The van der Waals surface area contributed by atoms with Gasteiger partial charge in [-0.05, 0) is 42.3 Å². The third kappa shape index (κ3) is 6.89. The minimum Gasteiger partial charge on any atom is -0.452 e. The van der Waals surface area contributed by atoms with E-state index in [1.807, 2.05) is 0 Å². The number of benzene rings is 2. The molecule has 0 spiro atoms. The summed E-state index contributed by atoms with van der Waals surface area (Å²) in [6.07, 6.45) is -0.938. The molecule has 0 heterocycles.